The maximum absolute atomic E-state index is 6.39. The second kappa shape index (κ2) is 7.34. The lowest BCUT2D eigenvalue weighted by Crippen LogP contribution is -2.29. The molecule has 1 atom stereocenters. The fraction of sp³-hybridized carbons (Fsp3) is 0.682. The van der Waals surface area contributed by atoms with E-state index in [4.69, 9.17) is 19.0 Å². The Morgan fingerprint density at radius 1 is 0.926 bits per heavy atom. The topological polar surface area (TPSA) is 49.3 Å². The van der Waals surface area contributed by atoms with Crippen LogP contribution in [-0.2, 0) is 9.57 Å². The zero-order valence-corrected chi connectivity index (χ0v) is 16.0. The van der Waals surface area contributed by atoms with Crippen LogP contribution in [0.15, 0.2) is 23.4 Å². The Labute approximate surface area is 161 Å². The Morgan fingerprint density at radius 2 is 1.63 bits per heavy atom. The Morgan fingerprint density at radius 3 is 2.30 bits per heavy atom. The first kappa shape index (κ1) is 17.4. The van der Waals surface area contributed by atoms with Crippen LogP contribution in [0.1, 0.15) is 69.8 Å². The predicted octanol–water partition coefficient (Wildman–Crippen LogP) is 4.61. The van der Waals surface area contributed by atoms with Gasteiger partial charge < -0.3 is 19.0 Å². The van der Waals surface area contributed by atoms with Crippen molar-refractivity contribution in [3.8, 4) is 11.5 Å². The smallest absolute Gasteiger partial charge is 0.168 e. The van der Waals surface area contributed by atoms with Crippen molar-refractivity contribution in [2.45, 2.75) is 82.0 Å². The van der Waals surface area contributed by atoms with Crippen molar-refractivity contribution in [2.24, 2.45) is 5.16 Å². The third-order valence-electron chi connectivity index (χ3n) is 6.37. The average molecular weight is 371 g/mol. The Bertz CT molecular complexity index is 698. The molecule has 0 N–H and O–H groups in total. The van der Waals surface area contributed by atoms with Crippen molar-refractivity contribution in [3.05, 3.63) is 23.8 Å². The lowest BCUT2D eigenvalue weighted by atomic mass is 9.93. The second-order valence-corrected chi connectivity index (χ2v) is 8.50. The van der Waals surface area contributed by atoms with Gasteiger partial charge in [0.2, 0.25) is 0 Å². The van der Waals surface area contributed by atoms with Crippen molar-refractivity contribution >= 4 is 5.71 Å². The summed E-state index contributed by atoms with van der Waals surface area (Å²) in [5.41, 5.74) is 1.82. The first-order valence-corrected chi connectivity index (χ1v) is 10.6. The van der Waals surface area contributed by atoms with Gasteiger partial charge in [-0.25, -0.2) is 0 Å². The van der Waals surface area contributed by atoms with Gasteiger partial charge in [0.1, 0.15) is 0 Å². The number of benzene rings is 1. The van der Waals surface area contributed by atoms with E-state index in [-0.39, 0.29) is 5.60 Å². The van der Waals surface area contributed by atoms with Crippen molar-refractivity contribution in [1.82, 2.24) is 0 Å². The summed E-state index contributed by atoms with van der Waals surface area (Å²) in [6.07, 6.45) is 12.0. The van der Waals surface area contributed by atoms with E-state index >= 15 is 0 Å². The molecule has 2 heterocycles. The van der Waals surface area contributed by atoms with Crippen LogP contribution in [0.3, 0.4) is 0 Å². The zero-order chi connectivity index (χ0) is 18.1. The van der Waals surface area contributed by atoms with Crippen molar-refractivity contribution in [1.29, 1.82) is 0 Å². The molecule has 0 bridgehead atoms. The van der Waals surface area contributed by atoms with Gasteiger partial charge >= 0.3 is 0 Å². The van der Waals surface area contributed by atoms with Gasteiger partial charge in [0.05, 0.1) is 31.1 Å². The van der Waals surface area contributed by atoms with Crippen LogP contribution >= 0.6 is 0 Å². The van der Waals surface area contributed by atoms with Crippen LogP contribution in [0.4, 0.5) is 0 Å². The molecule has 1 aromatic carbocycles. The molecule has 2 aliphatic heterocycles. The number of rotatable bonds is 5. The molecule has 2 aliphatic carbocycles. The Balaban J connectivity index is 1.37. The molecule has 0 amide bonds. The Kier molecular flexibility index (Phi) is 4.72. The van der Waals surface area contributed by atoms with Crippen LogP contribution in [0.2, 0.25) is 0 Å². The molecular weight excluding hydrogens is 342 g/mol. The highest BCUT2D eigenvalue weighted by Crippen LogP contribution is 2.38. The quantitative estimate of drug-likeness (QED) is 0.758. The normalized spacial score (nSPS) is 28.7. The lowest BCUT2D eigenvalue weighted by molar-refractivity contribution is -0.0237. The van der Waals surface area contributed by atoms with Crippen molar-refractivity contribution < 1.29 is 19.0 Å². The molecule has 2 saturated carbocycles. The van der Waals surface area contributed by atoms with Crippen LogP contribution in [0, 0.1) is 0 Å². The molecule has 146 valence electrons. The molecule has 27 heavy (non-hydrogen) atoms. The molecule has 1 saturated heterocycles. The van der Waals surface area contributed by atoms with Crippen LogP contribution in [0.25, 0.3) is 0 Å². The van der Waals surface area contributed by atoms with Gasteiger partial charge in [0.15, 0.2) is 17.1 Å². The number of oxime groups is 1. The number of nitrogens with zero attached hydrogens (tertiary/aromatic N) is 1. The van der Waals surface area contributed by atoms with E-state index in [9.17, 15) is 0 Å². The SMILES string of the molecule is c1cc(OC2CCCC2)c(OC2CCCC2)cc1C1=NOC2(CCOC2)C1. The first-order chi connectivity index (χ1) is 13.3. The summed E-state index contributed by atoms with van der Waals surface area (Å²) in [7, 11) is 0. The van der Waals surface area contributed by atoms with Crippen LogP contribution < -0.4 is 9.47 Å². The molecule has 1 aromatic rings. The van der Waals surface area contributed by atoms with Gasteiger partial charge in [-0.1, -0.05) is 5.16 Å². The van der Waals surface area contributed by atoms with Gasteiger partial charge in [-0.15, -0.1) is 0 Å². The van der Waals surface area contributed by atoms with E-state index in [1.807, 2.05) is 0 Å². The molecular formula is C22H29NO4. The highest BCUT2D eigenvalue weighted by atomic mass is 16.7. The largest absolute Gasteiger partial charge is 0.487 e. The predicted molar refractivity (Wildman–Crippen MR) is 103 cm³/mol. The second-order valence-electron chi connectivity index (χ2n) is 8.50. The summed E-state index contributed by atoms with van der Waals surface area (Å²) in [5, 5.41) is 4.39. The summed E-state index contributed by atoms with van der Waals surface area (Å²) in [6, 6.07) is 6.28. The number of hydrogen-bond acceptors (Lipinski definition) is 5. The van der Waals surface area contributed by atoms with Gasteiger partial charge in [0, 0.05) is 18.4 Å². The van der Waals surface area contributed by atoms with Gasteiger partial charge in [-0.05, 0) is 69.6 Å². The van der Waals surface area contributed by atoms with E-state index in [1.165, 1.54) is 25.7 Å². The molecule has 1 spiro atoms. The molecule has 5 nitrogen and oxygen atoms in total. The van der Waals surface area contributed by atoms with Crippen LogP contribution in [0.5, 0.6) is 11.5 Å². The fourth-order valence-corrected chi connectivity index (χ4v) is 4.72. The molecule has 3 fully saturated rings. The minimum atomic E-state index is -0.249. The van der Waals surface area contributed by atoms with Crippen LogP contribution in [-0.4, -0.2) is 36.7 Å². The van der Waals surface area contributed by atoms with E-state index < -0.39 is 0 Å². The molecule has 0 radical (unpaired) electrons. The average Bonchev–Trinajstić information content (AvgIpc) is 3.47. The van der Waals surface area contributed by atoms with Gasteiger partial charge in [-0.3, -0.25) is 0 Å². The Hall–Kier alpha value is -1.75. The molecule has 5 heteroatoms. The van der Waals surface area contributed by atoms with Gasteiger partial charge in [0.25, 0.3) is 0 Å². The molecule has 0 aromatic heterocycles. The number of ether oxygens (including phenoxy) is 3. The lowest BCUT2D eigenvalue weighted by Gasteiger charge is -2.21. The summed E-state index contributed by atoms with van der Waals surface area (Å²) in [6.45, 7) is 1.39. The minimum Gasteiger partial charge on any atom is -0.487 e. The summed E-state index contributed by atoms with van der Waals surface area (Å²) in [4.78, 5) is 5.77. The summed E-state index contributed by atoms with van der Waals surface area (Å²) >= 11 is 0. The maximum Gasteiger partial charge on any atom is 0.168 e. The molecule has 5 rings (SSSR count). The summed E-state index contributed by atoms with van der Waals surface area (Å²) < 4.78 is 18.2. The maximum atomic E-state index is 6.39. The third-order valence-corrected chi connectivity index (χ3v) is 6.37. The summed E-state index contributed by atoms with van der Waals surface area (Å²) in [5.74, 6) is 1.76. The van der Waals surface area contributed by atoms with E-state index in [1.54, 1.807) is 0 Å². The minimum absolute atomic E-state index is 0.249. The molecule has 1 unspecified atom stereocenters. The highest BCUT2D eigenvalue weighted by Gasteiger charge is 2.43. The van der Waals surface area contributed by atoms with Gasteiger partial charge in [-0.2, -0.15) is 0 Å². The standard InChI is InChI=1S/C22H29NO4/c1-2-6-17(5-1)25-20-10-9-16(13-21(20)26-18-7-3-4-8-18)19-14-22(27-23-19)11-12-24-15-22/h9-10,13,17-18H,1-8,11-12,14-15H2. The monoisotopic (exact) mass is 371 g/mol. The fourth-order valence-electron chi connectivity index (χ4n) is 4.72. The third kappa shape index (κ3) is 3.66. The van der Waals surface area contributed by atoms with Crippen molar-refractivity contribution in [3.63, 3.8) is 0 Å². The molecule has 4 aliphatic rings. The zero-order valence-electron chi connectivity index (χ0n) is 16.0. The van der Waals surface area contributed by atoms with E-state index in [0.717, 1.165) is 67.9 Å². The van der Waals surface area contributed by atoms with E-state index in [0.29, 0.717) is 18.8 Å². The van der Waals surface area contributed by atoms with Crippen molar-refractivity contribution in [2.75, 3.05) is 13.2 Å². The van der Waals surface area contributed by atoms with E-state index in [2.05, 4.69) is 23.4 Å². The number of hydrogen-bond donors (Lipinski definition) is 0. The highest BCUT2D eigenvalue weighted by molar-refractivity contribution is 6.02. The first-order valence-electron chi connectivity index (χ1n) is 10.6.